The van der Waals surface area contributed by atoms with Gasteiger partial charge in [-0.15, -0.1) is 0 Å². The first-order valence-electron chi connectivity index (χ1n) is 7.85. The van der Waals surface area contributed by atoms with E-state index in [1.54, 1.807) is 25.1 Å². The quantitative estimate of drug-likeness (QED) is 0.766. The summed E-state index contributed by atoms with van der Waals surface area (Å²) in [7, 11) is 3.90. The number of hydrogen-bond donors (Lipinski definition) is 0. The van der Waals surface area contributed by atoms with E-state index in [0.29, 0.717) is 0 Å². The van der Waals surface area contributed by atoms with Gasteiger partial charge in [-0.1, -0.05) is 18.2 Å². The molecule has 0 atom stereocenters. The third-order valence-corrected chi connectivity index (χ3v) is 3.45. The van der Waals surface area contributed by atoms with Gasteiger partial charge in [0.15, 0.2) is 17.1 Å². The van der Waals surface area contributed by atoms with Crippen molar-refractivity contribution in [2.24, 2.45) is 0 Å². The molecule has 0 radical (unpaired) electrons. The van der Waals surface area contributed by atoms with Crippen LogP contribution in [0.5, 0.6) is 0 Å². The molecular weight excluding hydrogens is 330 g/mol. The maximum absolute atomic E-state index is 12.1. The molecule has 2 aromatic rings. The first kappa shape index (κ1) is 18.6. The van der Waals surface area contributed by atoms with Crippen molar-refractivity contribution in [3.63, 3.8) is 0 Å². The molecule has 0 fully saturated rings. The van der Waals surface area contributed by atoms with Crippen LogP contribution < -0.4 is 4.90 Å². The highest BCUT2D eigenvalue weighted by atomic mass is 16.5. The molecule has 1 heterocycles. The molecule has 0 unspecified atom stereocenters. The van der Waals surface area contributed by atoms with Crippen molar-refractivity contribution in [1.29, 1.82) is 10.5 Å². The molecule has 0 saturated heterocycles. The SMILES string of the molecule is CCOC(=O)c1nc(C#N)c(C#N)nc1/C=C/c1ccc(N(C)C)cc1. The minimum atomic E-state index is -0.691. The lowest BCUT2D eigenvalue weighted by molar-refractivity contribution is 0.0518. The number of nitrogens with zero attached hydrogens (tertiary/aromatic N) is 5. The minimum Gasteiger partial charge on any atom is -0.461 e. The van der Waals surface area contributed by atoms with Crippen molar-refractivity contribution in [2.75, 3.05) is 25.6 Å². The predicted molar refractivity (Wildman–Crippen MR) is 97.1 cm³/mol. The Morgan fingerprint density at radius 2 is 1.73 bits per heavy atom. The Balaban J connectivity index is 2.44. The second-order valence-corrected chi connectivity index (χ2v) is 5.42. The molecule has 0 amide bonds. The van der Waals surface area contributed by atoms with Crippen LogP contribution >= 0.6 is 0 Å². The summed E-state index contributed by atoms with van der Waals surface area (Å²) >= 11 is 0. The highest BCUT2D eigenvalue weighted by Crippen LogP contribution is 2.16. The molecule has 0 bridgehead atoms. The Hall–Kier alpha value is -3.71. The lowest BCUT2D eigenvalue weighted by atomic mass is 10.1. The van der Waals surface area contributed by atoms with Gasteiger partial charge in [-0.25, -0.2) is 14.8 Å². The third kappa shape index (κ3) is 4.22. The lowest BCUT2D eigenvalue weighted by Gasteiger charge is -2.11. The summed E-state index contributed by atoms with van der Waals surface area (Å²) in [4.78, 5) is 22.1. The maximum atomic E-state index is 12.1. The number of carbonyl (C=O) groups excluding carboxylic acids is 1. The zero-order valence-corrected chi connectivity index (χ0v) is 14.7. The molecular formula is C19H17N5O2. The monoisotopic (exact) mass is 347 g/mol. The van der Waals surface area contributed by atoms with Gasteiger partial charge in [0, 0.05) is 19.8 Å². The summed E-state index contributed by atoms with van der Waals surface area (Å²) in [6.07, 6.45) is 3.32. The van der Waals surface area contributed by atoms with E-state index in [-0.39, 0.29) is 29.4 Å². The second kappa shape index (κ2) is 8.41. The topological polar surface area (TPSA) is 103 Å². The number of carbonyl (C=O) groups is 1. The van der Waals surface area contributed by atoms with E-state index >= 15 is 0 Å². The standard InChI is InChI=1S/C19H17N5O2/c1-4-26-19(25)18-15(22-16(11-20)17(12-21)23-18)10-7-13-5-8-14(9-6-13)24(2)3/h5-10H,4H2,1-3H3/b10-7+. The van der Waals surface area contributed by atoms with Gasteiger partial charge in [0.1, 0.15) is 12.1 Å². The van der Waals surface area contributed by atoms with Gasteiger partial charge in [-0.2, -0.15) is 10.5 Å². The lowest BCUT2D eigenvalue weighted by Crippen LogP contribution is -2.13. The van der Waals surface area contributed by atoms with Gasteiger partial charge >= 0.3 is 5.97 Å². The molecule has 0 saturated carbocycles. The molecule has 0 N–H and O–H groups in total. The van der Waals surface area contributed by atoms with Gasteiger partial charge in [0.2, 0.25) is 0 Å². The Kier molecular flexibility index (Phi) is 6.02. The van der Waals surface area contributed by atoms with E-state index in [9.17, 15) is 4.79 Å². The predicted octanol–water partition coefficient (Wildman–Crippen LogP) is 2.63. The van der Waals surface area contributed by atoms with E-state index < -0.39 is 5.97 Å². The summed E-state index contributed by atoms with van der Waals surface area (Å²) in [6.45, 7) is 1.83. The van der Waals surface area contributed by atoms with E-state index in [1.807, 2.05) is 49.3 Å². The molecule has 7 nitrogen and oxygen atoms in total. The number of rotatable bonds is 5. The number of ether oxygens (including phenoxy) is 1. The molecule has 130 valence electrons. The number of nitriles is 2. The fourth-order valence-electron chi connectivity index (χ4n) is 2.13. The van der Waals surface area contributed by atoms with E-state index in [2.05, 4.69) is 9.97 Å². The van der Waals surface area contributed by atoms with Gasteiger partial charge in [-0.05, 0) is 30.7 Å². The first-order chi connectivity index (χ1) is 12.5. The van der Waals surface area contributed by atoms with Crippen LogP contribution in [0.3, 0.4) is 0 Å². The fraction of sp³-hybridized carbons (Fsp3) is 0.211. The Labute approximate surface area is 151 Å². The number of anilines is 1. The molecule has 1 aromatic carbocycles. The maximum Gasteiger partial charge on any atom is 0.359 e. The second-order valence-electron chi connectivity index (χ2n) is 5.42. The third-order valence-electron chi connectivity index (χ3n) is 3.45. The minimum absolute atomic E-state index is 0.0939. The van der Waals surface area contributed by atoms with Crippen LogP contribution in [0.15, 0.2) is 24.3 Å². The molecule has 0 aliphatic heterocycles. The fourth-order valence-corrected chi connectivity index (χ4v) is 2.13. The van der Waals surface area contributed by atoms with Gasteiger partial charge < -0.3 is 9.64 Å². The Morgan fingerprint density at radius 3 is 2.27 bits per heavy atom. The summed E-state index contributed by atoms with van der Waals surface area (Å²) in [5.41, 5.74) is 1.68. The summed E-state index contributed by atoms with van der Waals surface area (Å²) < 4.78 is 4.96. The van der Waals surface area contributed by atoms with Crippen molar-refractivity contribution in [3.05, 3.63) is 52.6 Å². The Bertz CT molecular complexity index is 919. The van der Waals surface area contributed by atoms with Crippen molar-refractivity contribution >= 4 is 23.8 Å². The average molecular weight is 347 g/mol. The van der Waals surface area contributed by atoms with Gasteiger partial charge in [0.25, 0.3) is 0 Å². The normalized spacial score (nSPS) is 10.2. The summed E-state index contributed by atoms with van der Waals surface area (Å²) in [5, 5.41) is 18.2. The molecule has 0 spiro atoms. The summed E-state index contributed by atoms with van der Waals surface area (Å²) in [6, 6.07) is 11.3. The molecule has 0 aliphatic carbocycles. The first-order valence-corrected chi connectivity index (χ1v) is 7.85. The van der Waals surface area contributed by atoms with Crippen molar-refractivity contribution in [3.8, 4) is 12.1 Å². The van der Waals surface area contributed by atoms with Crippen LogP contribution in [0, 0.1) is 22.7 Å². The van der Waals surface area contributed by atoms with E-state index in [0.717, 1.165) is 11.3 Å². The van der Waals surface area contributed by atoms with Gasteiger partial charge in [-0.3, -0.25) is 0 Å². The van der Waals surface area contributed by atoms with Crippen molar-refractivity contribution < 1.29 is 9.53 Å². The van der Waals surface area contributed by atoms with E-state index in [1.165, 1.54) is 0 Å². The molecule has 7 heteroatoms. The van der Waals surface area contributed by atoms with Crippen LogP contribution in [0.1, 0.15) is 40.1 Å². The number of aromatic nitrogens is 2. The largest absolute Gasteiger partial charge is 0.461 e. The van der Waals surface area contributed by atoms with E-state index in [4.69, 9.17) is 15.3 Å². The average Bonchev–Trinajstić information content (AvgIpc) is 2.66. The molecule has 26 heavy (non-hydrogen) atoms. The van der Waals surface area contributed by atoms with Crippen molar-refractivity contribution in [2.45, 2.75) is 6.92 Å². The highest BCUT2D eigenvalue weighted by Gasteiger charge is 2.19. The van der Waals surface area contributed by atoms with Crippen LogP contribution in [0.25, 0.3) is 12.2 Å². The molecule has 2 rings (SSSR count). The number of hydrogen-bond acceptors (Lipinski definition) is 7. The van der Waals surface area contributed by atoms with Crippen LogP contribution in [0.2, 0.25) is 0 Å². The highest BCUT2D eigenvalue weighted by molar-refractivity contribution is 5.92. The smallest absolute Gasteiger partial charge is 0.359 e. The van der Waals surface area contributed by atoms with Crippen LogP contribution in [-0.4, -0.2) is 36.6 Å². The van der Waals surface area contributed by atoms with Crippen molar-refractivity contribution in [1.82, 2.24) is 9.97 Å². The zero-order valence-electron chi connectivity index (χ0n) is 14.7. The van der Waals surface area contributed by atoms with Gasteiger partial charge in [0.05, 0.1) is 12.3 Å². The number of esters is 1. The Morgan fingerprint density at radius 1 is 1.12 bits per heavy atom. The van der Waals surface area contributed by atoms with Crippen LogP contribution in [-0.2, 0) is 4.74 Å². The summed E-state index contributed by atoms with van der Waals surface area (Å²) in [5.74, 6) is -0.691. The number of benzene rings is 1. The molecule has 1 aromatic heterocycles. The molecule has 0 aliphatic rings. The van der Waals surface area contributed by atoms with Crippen LogP contribution in [0.4, 0.5) is 5.69 Å². The zero-order chi connectivity index (χ0) is 19.1.